The van der Waals surface area contributed by atoms with E-state index in [1.54, 1.807) is 11.3 Å². The summed E-state index contributed by atoms with van der Waals surface area (Å²) in [6.07, 6.45) is 1.04. The summed E-state index contributed by atoms with van der Waals surface area (Å²) in [5.41, 5.74) is 1.32. The highest BCUT2D eigenvalue weighted by molar-refractivity contribution is 9.10. The molecule has 0 aliphatic rings. The van der Waals surface area contributed by atoms with Gasteiger partial charge < -0.3 is 0 Å². The van der Waals surface area contributed by atoms with Gasteiger partial charge in [0.1, 0.15) is 0 Å². The normalized spacial score (nSPS) is 14.5. The van der Waals surface area contributed by atoms with Crippen LogP contribution in [0.25, 0.3) is 0 Å². The molecule has 1 aromatic heterocycles. The van der Waals surface area contributed by atoms with Crippen molar-refractivity contribution >= 4 is 38.9 Å². The first-order chi connectivity index (χ1) is 8.24. The van der Waals surface area contributed by atoms with E-state index in [4.69, 9.17) is 11.6 Å². The predicted molar refractivity (Wildman–Crippen MR) is 80.1 cm³/mol. The molecule has 0 amide bonds. The molecule has 1 aromatic carbocycles. The van der Waals surface area contributed by atoms with Crippen LogP contribution in [-0.2, 0) is 0 Å². The fourth-order valence-corrected chi connectivity index (χ4v) is 4.38. The maximum absolute atomic E-state index is 6.63. The van der Waals surface area contributed by atoms with E-state index in [-0.39, 0.29) is 5.38 Å². The maximum atomic E-state index is 6.63. The van der Waals surface area contributed by atoms with Crippen LogP contribution in [0.15, 0.2) is 46.3 Å². The molecule has 0 nitrogen and oxygen atoms in total. The minimum absolute atomic E-state index is 0.0387. The number of alkyl halides is 1. The number of rotatable bonds is 4. The highest BCUT2D eigenvalue weighted by Crippen LogP contribution is 2.43. The van der Waals surface area contributed by atoms with E-state index in [1.807, 2.05) is 6.07 Å². The predicted octanol–water partition coefficient (Wildman–Crippen LogP) is 5.98. The first-order valence-electron chi connectivity index (χ1n) is 5.66. The Morgan fingerprint density at radius 3 is 2.47 bits per heavy atom. The van der Waals surface area contributed by atoms with Crippen LogP contribution in [0.2, 0.25) is 0 Å². The fourth-order valence-electron chi connectivity index (χ4n) is 2.00. The van der Waals surface area contributed by atoms with Crippen LogP contribution in [-0.4, -0.2) is 0 Å². The maximum Gasteiger partial charge on any atom is 0.0758 e. The van der Waals surface area contributed by atoms with Crippen molar-refractivity contribution in [2.75, 3.05) is 0 Å². The summed E-state index contributed by atoms with van der Waals surface area (Å²) < 4.78 is 1.12. The Bertz CT molecular complexity index is 466. The number of hydrogen-bond donors (Lipinski definition) is 0. The molecule has 0 N–H and O–H groups in total. The smallest absolute Gasteiger partial charge is 0.0758 e. The summed E-state index contributed by atoms with van der Waals surface area (Å²) in [4.78, 5) is 1.22. The van der Waals surface area contributed by atoms with Gasteiger partial charge >= 0.3 is 0 Å². The number of hydrogen-bond acceptors (Lipinski definition) is 1. The lowest BCUT2D eigenvalue weighted by Crippen LogP contribution is -2.04. The average molecular weight is 330 g/mol. The van der Waals surface area contributed by atoms with Gasteiger partial charge in [0, 0.05) is 15.3 Å². The zero-order valence-corrected chi connectivity index (χ0v) is 12.7. The van der Waals surface area contributed by atoms with Gasteiger partial charge in [-0.3, -0.25) is 0 Å². The summed E-state index contributed by atoms with van der Waals surface area (Å²) in [5.74, 6) is 0.368. The van der Waals surface area contributed by atoms with Crippen molar-refractivity contribution in [3.05, 3.63) is 56.7 Å². The highest BCUT2D eigenvalue weighted by Gasteiger charge is 2.23. The largest absolute Gasteiger partial charge is 0.146 e. The summed E-state index contributed by atoms with van der Waals surface area (Å²) in [6.45, 7) is 2.19. The molecule has 0 aliphatic heterocycles. The molecule has 1 heterocycles. The van der Waals surface area contributed by atoms with Crippen molar-refractivity contribution in [2.45, 2.75) is 24.6 Å². The van der Waals surface area contributed by atoms with Crippen LogP contribution in [0.1, 0.15) is 35.1 Å². The molecule has 3 heteroatoms. The van der Waals surface area contributed by atoms with Crippen LogP contribution < -0.4 is 0 Å². The Kier molecular flexibility index (Phi) is 4.66. The van der Waals surface area contributed by atoms with E-state index in [2.05, 4.69) is 58.6 Å². The van der Waals surface area contributed by atoms with Gasteiger partial charge in [-0.15, -0.1) is 22.9 Å². The molecule has 0 saturated heterocycles. The molecule has 0 bridgehead atoms. The first kappa shape index (κ1) is 13.1. The number of benzene rings is 1. The summed E-state index contributed by atoms with van der Waals surface area (Å²) in [6, 6.07) is 12.6. The number of thiophene rings is 1. The van der Waals surface area contributed by atoms with Crippen LogP contribution >= 0.6 is 38.9 Å². The molecule has 2 atom stereocenters. The molecule has 2 aromatic rings. The summed E-state index contributed by atoms with van der Waals surface area (Å²) >= 11 is 11.9. The lowest BCUT2D eigenvalue weighted by atomic mass is 9.92. The van der Waals surface area contributed by atoms with Crippen LogP contribution in [0.5, 0.6) is 0 Å². The molecule has 2 rings (SSSR count). The highest BCUT2D eigenvalue weighted by atomic mass is 79.9. The molecule has 0 spiro atoms. The minimum atomic E-state index is 0.0387. The van der Waals surface area contributed by atoms with E-state index < -0.39 is 0 Å². The van der Waals surface area contributed by atoms with Gasteiger partial charge in [0.25, 0.3) is 0 Å². The molecule has 0 saturated carbocycles. The van der Waals surface area contributed by atoms with Crippen LogP contribution in [0.3, 0.4) is 0 Å². The molecule has 0 radical (unpaired) electrons. The molecular weight excluding hydrogens is 316 g/mol. The summed E-state index contributed by atoms with van der Waals surface area (Å²) in [7, 11) is 0. The van der Waals surface area contributed by atoms with Gasteiger partial charge in [0.2, 0.25) is 0 Å². The standard InChI is InChI=1S/C14H14BrClS/c1-2-11(10-6-4-3-5-7-10)13(16)14-12(15)8-9-17-14/h3-9,11,13H,2H2,1H3. The molecule has 0 fully saturated rings. The van der Waals surface area contributed by atoms with Crippen LogP contribution in [0.4, 0.5) is 0 Å². The molecule has 0 aliphatic carbocycles. The molecular formula is C14H14BrClS. The van der Waals surface area contributed by atoms with Gasteiger partial charge in [0.15, 0.2) is 0 Å². The minimum Gasteiger partial charge on any atom is -0.146 e. The fraction of sp³-hybridized carbons (Fsp3) is 0.286. The lowest BCUT2D eigenvalue weighted by molar-refractivity contribution is 0.645. The lowest BCUT2D eigenvalue weighted by Gasteiger charge is -2.21. The van der Waals surface area contributed by atoms with Crippen molar-refractivity contribution in [2.24, 2.45) is 0 Å². The second-order valence-corrected chi connectivity index (χ2v) is 6.23. The van der Waals surface area contributed by atoms with Gasteiger partial charge in [-0.2, -0.15) is 0 Å². The van der Waals surface area contributed by atoms with Crippen molar-refractivity contribution in [1.82, 2.24) is 0 Å². The van der Waals surface area contributed by atoms with Gasteiger partial charge in [-0.25, -0.2) is 0 Å². The second-order valence-electron chi connectivity index (χ2n) is 3.96. The second kappa shape index (κ2) is 6.03. The summed E-state index contributed by atoms with van der Waals surface area (Å²) in [5, 5.41) is 2.11. The van der Waals surface area contributed by atoms with Crippen LogP contribution in [0, 0.1) is 0 Å². The van der Waals surface area contributed by atoms with Crippen molar-refractivity contribution in [3.8, 4) is 0 Å². The van der Waals surface area contributed by atoms with Crippen molar-refractivity contribution in [1.29, 1.82) is 0 Å². The Balaban J connectivity index is 2.28. The molecule has 17 heavy (non-hydrogen) atoms. The zero-order chi connectivity index (χ0) is 12.3. The average Bonchev–Trinajstić information content (AvgIpc) is 2.77. The molecule has 2 unspecified atom stereocenters. The van der Waals surface area contributed by atoms with E-state index in [0.29, 0.717) is 5.92 Å². The van der Waals surface area contributed by atoms with Gasteiger partial charge in [-0.1, -0.05) is 37.3 Å². The van der Waals surface area contributed by atoms with Gasteiger partial charge in [-0.05, 0) is 39.4 Å². The quantitative estimate of drug-likeness (QED) is 0.605. The van der Waals surface area contributed by atoms with E-state index >= 15 is 0 Å². The monoisotopic (exact) mass is 328 g/mol. The number of halogens is 2. The third kappa shape index (κ3) is 2.93. The van der Waals surface area contributed by atoms with Crippen molar-refractivity contribution in [3.63, 3.8) is 0 Å². The van der Waals surface area contributed by atoms with E-state index in [9.17, 15) is 0 Å². The Hall–Kier alpha value is -0.310. The Labute approximate surface area is 120 Å². The van der Waals surface area contributed by atoms with E-state index in [1.165, 1.54) is 10.4 Å². The van der Waals surface area contributed by atoms with Crippen molar-refractivity contribution < 1.29 is 0 Å². The van der Waals surface area contributed by atoms with Gasteiger partial charge in [0.05, 0.1) is 5.38 Å². The third-order valence-corrected chi connectivity index (χ3v) is 5.52. The Morgan fingerprint density at radius 1 is 1.24 bits per heavy atom. The van der Waals surface area contributed by atoms with E-state index in [0.717, 1.165) is 10.9 Å². The first-order valence-corrected chi connectivity index (χ1v) is 7.76. The zero-order valence-electron chi connectivity index (χ0n) is 9.57. The SMILES string of the molecule is CCC(c1ccccc1)C(Cl)c1sccc1Br. The topological polar surface area (TPSA) is 0 Å². The Morgan fingerprint density at radius 2 is 1.94 bits per heavy atom. The third-order valence-electron chi connectivity index (χ3n) is 2.92. The molecule has 90 valence electrons.